The largest absolute Gasteiger partial charge is 0.496 e. The van der Waals surface area contributed by atoms with Gasteiger partial charge in [-0.3, -0.25) is 0 Å². The van der Waals surface area contributed by atoms with Crippen molar-refractivity contribution in [3.05, 3.63) is 27.7 Å². The second kappa shape index (κ2) is 3.92. The van der Waals surface area contributed by atoms with E-state index in [-0.39, 0.29) is 0 Å². The predicted octanol–water partition coefficient (Wildman–Crippen LogP) is 2.22. The minimum atomic E-state index is 0.511. The van der Waals surface area contributed by atoms with Crippen LogP contribution in [0.2, 0.25) is 0 Å². The van der Waals surface area contributed by atoms with Crippen LogP contribution >= 0.6 is 15.9 Å². The van der Waals surface area contributed by atoms with Gasteiger partial charge in [0.1, 0.15) is 5.75 Å². The Hall–Kier alpha value is -0.540. The number of rotatable bonds is 2. The number of ether oxygens (including phenoxy) is 1. The van der Waals surface area contributed by atoms with Crippen LogP contribution in [0.5, 0.6) is 5.75 Å². The normalized spacial score (nSPS) is 10.0. The van der Waals surface area contributed by atoms with Crippen LogP contribution in [0.1, 0.15) is 11.1 Å². The zero-order valence-corrected chi connectivity index (χ0v) is 8.81. The first-order valence-corrected chi connectivity index (χ1v) is 4.51. The molecule has 1 aromatic carbocycles. The third kappa shape index (κ3) is 1.79. The van der Waals surface area contributed by atoms with Crippen LogP contribution in [0.4, 0.5) is 0 Å². The Balaban J connectivity index is 3.19. The van der Waals surface area contributed by atoms with Crippen molar-refractivity contribution in [1.82, 2.24) is 0 Å². The maximum Gasteiger partial charge on any atom is 0.124 e. The Bertz CT molecular complexity index is 257. The highest BCUT2D eigenvalue weighted by molar-refractivity contribution is 9.10. The summed E-state index contributed by atoms with van der Waals surface area (Å²) >= 11 is 3.43. The molecule has 0 radical (unpaired) electrons. The summed E-state index contributed by atoms with van der Waals surface area (Å²) in [5, 5.41) is 0. The van der Waals surface area contributed by atoms with Gasteiger partial charge in [-0.05, 0) is 24.6 Å². The van der Waals surface area contributed by atoms with Crippen LogP contribution in [0.25, 0.3) is 0 Å². The van der Waals surface area contributed by atoms with Crippen molar-refractivity contribution in [2.24, 2.45) is 5.73 Å². The SMILES string of the molecule is COc1cc(Br)c(C)cc1CN. The van der Waals surface area contributed by atoms with Crippen LogP contribution in [0, 0.1) is 6.92 Å². The Morgan fingerprint density at radius 1 is 1.50 bits per heavy atom. The first-order chi connectivity index (χ1) is 5.69. The average molecular weight is 230 g/mol. The molecular formula is C9H12BrNO. The van der Waals surface area contributed by atoms with Gasteiger partial charge in [-0.2, -0.15) is 0 Å². The molecule has 0 amide bonds. The summed E-state index contributed by atoms with van der Waals surface area (Å²) in [4.78, 5) is 0. The molecule has 0 saturated carbocycles. The zero-order chi connectivity index (χ0) is 9.14. The number of halogens is 1. The summed E-state index contributed by atoms with van der Waals surface area (Å²) in [5.41, 5.74) is 7.77. The molecule has 0 atom stereocenters. The molecule has 2 N–H and O–H groups in total. The van der Waals surface area contributed by atoms with Crippen LogP contribution in [-0.2, 0) is 6.54 Å². The van der Waals surface area contributed by atoms with E-state index >= 15 is 0 Å². The zero-order valence-electron chi connectivity index (χ0n) is 7.23. The molecule has 0 aliphatic heterocycles. The van der Waals surface area contributed by atoms with Crippen LogP contribution in [0.3, 0.4) is 0 Å². The number of nitrogens with two attached hydrogens (primary N) is 1. The van der Waals surface area contributed by atoms with Crippen molar-refractivity contribution in [1.29, 1.82) is 0 Å². The molecule has 2 nitrogen and oxygen atoms in total. The summed E-state index contributed by atoms with van der Waals surface area (Å²) in [6.07, 6.45) is 0. The van der Waals surface area contributed by atoms with Gasteiger partial charge in [-0.15, -0.1) is 0 Å². The Kier molecular flexibility index (Phi) is 3.12. The van der Waals surface area contributed by atoms with E-state index in [4.69, 9.17) is 10.5 Å². The Labute approximate surface area is 80.8 Å². The molecule has 0 aromatic heterocycles. The number of methoxy groups -OCH3 is 1. The van der Waals surface area contributed by atoms with Gasteiger partial charge in [0, 0.05) is 16.6 Å². The number of hydrogen-bond donors (Lipinski definition) is 1. The van der Waals surface area contributed by atoms with Crippen molar-refractivity contribution in [2.45, 2.75) is 13.5 Å². The van der Waals surface area contributed by atoms with E-state index in [1.165, 1.54) is 5.56 Å². The number of hydrogen-bond acceptors (Lipinski definition) is 2. The van der Waals surface area contributed by atoms with Crippen molar-refractivity contribution < 1.29 is 4.74 Å². The maximum atomic E-state index is 5.55. The van der Waals surface area contributed by atoms with Crippen LogP contribution in [-0.4, -0.2) is 7.11 Å². The maximum absolute atomic E-state index is 5.55. The summed E-state index contributed by atoms with van der Waals surface area (Å²) in [7, 11) is 1.65. The van der Waals surface area contributed by atoms with E-state index in [2.05, 4.69) is 15.9 Å². The minimum absolute atomic E-state index is 0.511. The van der Waals surface area contributed by atoms with Crippen LogP contribution < -0.4 is 10.5 Å². The van der Waals surface area contributed by atoms with Gasteiger partial charge < -0.3 is 10.5 Å². The van der Waals surface area contributed by atoms with E-state index in [9.17, 15) is 0 Å². The lowest BCUT2D eigenvalue weighted by Crippen LogP contribution is -2.00. The summed E-state index contributed by atoms with van der Waals surface area (Å²) < 4.78 is 6.21. The van der Waals surface area contributed by atoms with E-state index in [0.717, 1.165) is 15.8 Å². The molecule has 1 rings (SSSR count). The second-order valence-corrected chi connectivity index (χ2v) is 3.47. The summed E-state index contributed by atoms with van der Waals surface area (Å²) in [6.45, 7) is 2.54. The third-order valence-corrected chi connectivity index (χ3v) is 2.64. The lowest BCUT2D eigenvalue weighted by molar-refractivity contribution is 0.409. The fourth-order valence-corrected chi connectivity index (χ4v) is 1.39. The van der Waals surface area contributed by atoms with Crippen LogP contribution in [0.15, 0.2) is 16.6 Å². The summed E-state index contributed by atoms with van der Waals surface area (Å²) in [5.74, 6) is 0.843. The molecular weight excluding hydrogens is 218 g/mol. The molecule has 0 fully saturated rings. The van der Waals surface area contributed by atoms with Crippen molar-refractivity contribution >= 4 is 15.9 Å². The lowest BCUT2D eigenvalue weighted by Gasteiger charge is -2.08. The molecule has 12 heavy (non-hydrogen) atoms. The fourth-order valence-electron chi connectivity index (χ4n) is 1.07. The minimum Gasteiger partial charge on any atom is -0.496 e. The topological polar surface area (TPSA) is 35.2 Å². The van der Waals surface area contributed by atoms with Gasteiger partial charge in [0.25, 0.3) is 0 Å². The summed E-state index contributed by atoms with van der Waals surface area (Å²) in [6, 6.07) is 3.97. The van der Waals surface area contributed by atoms with E-state index in [0.29, 0.717) is 6.54 Å². The van der Waals surface area contributed by atoms with Crippen molar-refractivity contribution in [3.8, 4) is 5.75 Å². The number of benzene rings is 1. The van der Waals surface area contributed by atoms with Gasteiger partial charge in [0.2, 0.25) is 0 Å². The molecule has 0 heterocycles. The second-order valence-electron chi connectivity index (χ2n) is 2.62. The first kappa shape index (κ1) is 9.55. The molecule has 66 valence electrons. The third-order valence-electron chi connectivity index (χ3n) is 1.78. The highest BCUT2D eigenvalue weighted by Gasteiger charge is 2.04. The number of aryl methyl sites for hydroxylation is 1. The van der Waals surface area contributed by atoms with E-state index in [1.807, 2.05) is 19.1 Å². The molecule has 0 unspecified atom stereocenters. The molecule has 1 aromatic rings. The Morgan fingerprint density at radius 3 is 2.67 bits per heavy atom. The van der Waals surface area contributed by atoms with Gasteiger partial charge in [-0.1, -0.05) is 15.9 Å². The highest BCUT2D eigenvalue weighted by Crippen LogP contribution is 2.26. The lowest BCUT2D eigenvalue weighted by atomic mass is 10.1. The molecule has 0 aliphatic rings. The highest BCUT2D eigenvalue weighted by atomic mass is 79.9. The molecule has 0 saturated heterocycles. The first-order valence-electron chi connectivity index (χ1n) is 3.72. The molecule has 3 heteroatoms. The average Bonchev–Trinajstić information content (AvgIpc) is 2.09. The van der Waals surface area contributed by atoms with Gasteiger partial charge >= 0.3 is 0 Å². The van der Waals surface area contributed by atoms with Gasteiger partial charge in [0.15, 0.2) is 0 Å². The van der Waals surface area contributed by atoms with E-state index in [1.54, 1.807) is 7.11 Å². The smallest absolute Gasteiger partial charge is 0.124 e. The van der Waals surface area contributed by atoms with Crippen molar-refractivity contribution in [2.75, 3.05) is 7.11 Å². The van der Waals surface area contributed by atoms with Gasteiger partial charge in [-0.25, -0.2) is 0 Å². The molecule has 0 bridgehead atoms. The fraction of sp³-hybridized carbons (Fsp3) is 0.333. The monoisotopic (exact) mass is 229 g/mol. The van der Waals surface area contributed by atoms with Gasteiger partial charge in [0.05, 0.1) is 7.11 Å². The Morgan fingerprint density at radius 2 is 2.17 bits per heavy atom. The molecule has 0 spiro atoms. The van der Waals surface area contributed by atoms with Crippen molar-refractivity contribution in [3.63, 3.8) is 0 Å². The van der Waals surface area contributed by atoms with E-state index < -0.39 is 0 Å². The standard InChI is InChI=1S/C9H12BrNO/c1-6-3-7(5-11)9(12-2)4-8(6)10/h3-4H,5,11H2,1-2H3. The predicted molar refractivity (Wildman–Crippen MR) is 53.3 cm³/mol. The quantitative estimate of drug-likeness (QED) is 0.845. The molecule has 0 aliphatic carbocycles.